The minimum Gasteiger partial charge on any atom is -0.393 e. The Labute approximate surface area is 244 Å². The number of aliphatic hydroxyl groups is 1. The van der Waals surface area contributed by atoms with Crippen LogP contribution in [-0.4, -0.2) is 75.6 Å². The third kappa shape index (κ3) is 14.1. The molecular weight excluding hydrogens is 508 g/mol. The molecule has 2 aliphatic heterocycles. The van der Waals surface area contributed by atoms with Crippen molar-refractivity contribution >= 4 is 0 Å². The van der Waals surface area contributed by atoms with Crippen LogP contribution >= 0.6 is 0 Å². The van der Waals surface area contributed by atoms with Gasteiger partial charge in [0.1, 0.15) is 19.7 Å². The summed E-state index contributed by atoms with van der Waals surface area (Å²) in [6.07, 6.45) is 22.1. The molecule has 0 radical (unpaired) electrons. The van der Waals surface area contributed by atoms with Crippen molar-refractivity contribution in [1.82, 2.24) is 0 Å². The Hall–Kier alpha value is -1.16. The Morgan fingerprint density at radius 2 is 1.38 bits per heavy atom. The van der Waals surface area contributed by atoms with Crippen LogP contribution in [0.25, 0.3) is 0 Å². The highest BCUT2D eigenvalue weighted by atomic mass is 16.7. The summed E-state index contributed by atoms with van der Waals surface area (Å²) in [5.74, 6) is 8.94. The molecule has 0 aromatic carbocycles. The van der Waals surface area contributed by atoms with Crippen LogP contribution in [0.1, 0.15) is 116 Å². The standard InChI is InChI=1S/C33H56O7/c1-5-7-9-10-11-12-13-14-19-28(37-25-35-3)30-21-23-32(39-30)33-24-22-31(40-33)29(38-26-36-4)20-16-15-18-27(34)17-8-6-2/h2,27-34H,5,7-15,17-19,21-26H2,1,3-4H3/t27?,28-,29?,30-,31-,32-,33-/m1/s1. The summed E-state index contributed by atoms with van der Waals surface area (Å²) in [4.78, 5) is 0. The van der Waals surface area contributed by atoms with Crippen LogP contribution in [0.15, 0.2) is 0 Å². The monoisotopic (exact) mass is 564 g/mol. The molecule has 2 fully saturated rings. The van der Waals surface area contributed by atoms with Crippen LogP contribution in [0.4, 0.5) is 0 Å². The van der Waals surface area contributed by atoms with E-state index in [-0.39, 0.29) is 43.4 Å². The van der Waals surface area contributed by atoms with Crippen LogP contribution in [0.5, 0.6) is 0 Å². The van der Waals surface area contributed by atoms with Crippen LogP contribution < -0.4 is 0 Å². The van der Waals surface area contributed by atoms with Crippen molar-refractivity contribution in [3.63, 3.8) is 0 Å². The minimum absolute atomic E-state index is 0.0298. The zero-order chi connectivity index (χ0) is 28.8. The zero-order valence-corrected chi connectivity index (χ0v) is 25.5. The summed E-state index contributed by atoms with van der Waals surface area (Å²) in [6, 6.07) is 0. The molecule has 230 valence electrons. The molecule has 1 N–H and O–H groups in total. The maximum absolute atomic E-state index is 10.0. The van der Waals surface area contributed by atoms with Gasteiger partial charge in [-0.1, -0.05) is 64.2 Å². The zero-order valence-electron chi connectivity index (χ0n) is 25.5. The lowest BCUT2D eigenvalue weighted by Gasteiger charge is -2.26. The number of unbranched alkanes of at least 4 members (excludes halogenated alkanes) is 7. The van der Waals surface area contributed by atoms with Crippen molar-refractivity contribution in [2.24, 2.45) is 0 Å². The molecule has 0 amide bonds. The molecule has 2 heterocycles. The Balaban J connectivity index is 1.80. The predicted molar refractivity (Wildman–Crippen MR) is 158 cm³/mol. The van der Waals surface area contributed by atoms with E-state index in [1.54, 1.807) is 14.2 Å². The fourth-order valence-corrected chi connectivity index (χ4v) is 5.62. The van der Waals surface area contributed by atoms with Crippen molar-refractivity contribution in [2.45, 2.75) is 159 Å². The predicted octanol–water partition coefficient (Wildman–Crippen LogP) is 6.15. The first-order valence-corrected chi connectivity index (χ1v) is 15.7. The number of ether oxygens (including phenoxy) is 6. The largest absolute Gasteiger partial charge is 0.393 e. The number of rotatable bonds is 22. The Kier molecular flexibility index (Phi) is 19.7. The molecule has 0 bridgehead atoms. The van der Waals surface area contributed by atoms with Gasteiger partial charge in [0.2, 0.25) is 0 Å². The molecule has 2 unspecified atom stereocenters. The van der Waals surface area contributed by atoms with Crippen LogP contribution in [0, 0.1) is 24.2 Å². The fraction of sp³-hybridized carbons (Fsp3) is 0.879. The Morgan fingerprint density at radius 3 is 2.05 bits per heavy atom. The van der Waals surface area contributed by atoms with Crippen molar-refractivity contribution in [3.05, 3.63) is 0 Å². The summed E-state index contributed by atoms with van der Waals surface area (Å²) in [7, 11) is 3.28. The van der Waals surface area contributed by atoms with Gasteiger partial charge < -0.3 is 33.5 Å². The summed E-state index contributed by atoms with van der Waals surface area (Å²) >= 11 is 0. The Morgan fingerprint density at radius 1 is 0.775 bits per heavy atom. The molecule has 2 aliphatic rings. The van der Waals surface area contributed by atoms with E-state index < -0.39 is 6.10 Å². The summed E-state index contributed by atoms with van der Waals surface area (Å²) in [5.41, 5.74) is 0. The number of terminal acetylenes is 1. The second-order valence-corrected chi connectivity index (χ2v) is 11.2. The molecule has 0 aromatic rings. The summed E-state index contributed by atoms with van der Waals surface area (Å²) in [5, 5.41) is 10.0. The third-order valence-corrected chi connectivity index (χ3v) is 7.91. The minimum atomic E-state index is -0.421. The van der Waals surface area contributed by atoms with Gasteiger partial charge >= 0.3 is 0 Å². The third-order valence-electron chi connectivity index (χ3n) is 7.91. The van der Waals surface area contributed by atoms with E-state index >= 15 is 0 Å². The van der Waals surface area contributed by atoms with Gasteiger partial charge in [0, 0.05) is 27.1 Å². The van der Waals surface area contributed by atoms with Crippen molar-refractivity contribution in [1.29, 1.82) is 0 Å². The molecular formula is C33H56O7. The number of hydrogen-bond acceptors (Lipinski definition) is 7. The van der Waals surface area contributed by atoms with Crippen molar-refractivity contribution in [2.75, 3.05) is 27.8 Å². The van der Waals surface area contributed by atoms with Crippen LogP contribution in [0.3, 0.4) is 0 Å². The van der Waals surface area contributed by atoms with Gasteiger partial charge in [0.25, 0.3) is 0 Å². The average molecular weight is 565 g/mol. The summed E-state index contributed by atoms with van der Waals surface area (Å²) < 4.78 is 35.3. The lowest BCUT2D eigenvalue weighted by molar-refractivity contribution is -0.150. The molecule has 7 atom stereocenters. The first-order valence-electron chi connectivity index (χ1n) is 15.7. The number of methoxy groups -OCH3 is 2. The average Bonchev–Trinajstić information content (AvgIpc) is 3.65. The first kappa shape index (κ1) is 35.0. The molecule has 7 nitrogen and oxygen atoms in total. The highest BCUT2D eigenvalue weighted by Gasteiger charge is 2.41. The second kappa shape index (κ2) is 22.4. The molecule has 2 rings (SSSR count). The lowest BCUT2D eigenvalue weighted by Crippen LogP contribution is -2.35. The van der Waals surface area contributed by atoms with Gasteiger partial charge in [-0.2, -0.15) is 0 Å². The van der Waals surface area contributed by atoms with Crippen LogP contribution in [-0.2, 0) is 28.4 Å². The maximum atomic E-state index is 10.0. The van der Waals surface area contributed by atoms with Crippen molar-refractivity contribution in [3.8, 4) is 24.2 Å². The normalized spacial score (nSPS) is 24.8. The summed E-state index contributed by atoms with van der Waals surface area (Å²) in [6.45, 7) is 2.72. The molecule has 40 heavy (non-hydrogen) atoms. The van der Waals surface area contributed by atoms with E-state index in [9.17, 15) is 5.11 Å². The van der Waals surface area contributed by atoms with Gasteiger partial charge in [-0.05, 0) is 44.9 Å². The number of hydrogen-bond donors (Lipinski definition) is 1. The molecule has 2 saturated heterocycles. The lowest BCUT2D eigenvalue weighted by atomic mass is 10.0. The van der Waals surface area contributed by atoms with E-state index in [1.165, 1.54) is 44.9 Å². The van der Waals surface area contributed by atoms with Gasteiger partial charge in [-0.15, -0.1) is 18.3 Å². The van der Waals surface area contributed by atoms with E-state index in [2.05, 4.69) is 24.7 Å². The molecule has 0 spiro atoms. The van der Waals surface area contributed by atoms with Crippen LogP contribution in [0.2, 0.25) is 0 Å². The molecule has 0 aromatic heterocycles. The smallest absolute Gasteiger partial charge is 0.148 e. The SMILES string of the molecule is C#CCCC(O)CCC#CC(OCOC)[C@H]1CC[C@H]([C@H]2CC[C@H]([C@@H](CCCCCCCCCC)OCOC)O2)O1. The Bertz CT molecular complexity index is 727. The van der Waals surface area contributed by atoms with Gasteiger partial charge in [0.05, 0.1) is 36.6 Å². The first-order chi connectivity index (χ1) is 19.6. The molecule has 0 aliphatic carbocycles. The van der Waals surface area contributed by atoms with Gasteiger partial charge in [-0.3, -0.25) is 0 Å². The van der Waals surface area contributed by atoms with E-state index in [1.807, 2.05) is 0 Å². The van der Waals surface area contributed by atoms with E-state index in [0.29, 0.717) is 32.5 Å². The van der Waals surface area contributed by atoms with E-state index in [0.717, 1.165) is 38.5 Å². The quantitative estimate of drug-likeness (QED) is 0.0960. The maximum Gasteiger partial charge on any atom is 0.148 e. The highest BCUT2D eigenvalue weighted by Crippen LogP contribution is 2.35. The highest BCUT2D eigenvalue weighted by molar-refractivity contribution is 5.09. The molecule has 0 saturated carbocycles. The second-order valence-electron chi connectivity index (χ2n) is 11.2. The van der Waals surface area contributed by atoms with Crippen molar-refractivity contribution < 1.29 is 33.5 Å². The van der Waals surface area contributed by atoms with Gasteiger partial charge in [-0.25, -0.2) is 0 Å². The number of aliphatic hydroxyl groups excluding tert-OH is 1. The topological polar surface area (TPSA) is 75.6 Å². The fourth-order valence-electron chi connectivity index (χ4n) is 5.62. The van der Waals surface area contributed by atoms with E-state index in [4.69, 9.17) is 34.8 Å². The van der Waals surface area contributed by atoms with Gasteiger partial charge in [0.15, 0.2) is 0 Å². The molecule has 7 heteroatoms.